The molecule has 118 valence electrons. The van der Waals surface area contributed by atoms with Crippen LogP contribution in [-0.2, 0) is 16.1 Å². The fourth-order valence-corrected chi connectivity index (χ4v) is 3.46. The van der Waals surface area contributed by atoms with Gasteiger partial charge in [-0.3, -0.25) is 14.2 Å². The molecule has 1 amide bonds. The maximum absolute atomic E-state index is 11.8. The van der Waals surface area contributed by atoms with E-state index in [1.807, 2.05) is 6.92 Å². The molecule has 1 heterocycles. The number of carbonyl (C=O) groups is 1. The number of carbonyl (C=O) groups excluding carboxylic acids is 1. The fourth-order valence-electron chi connectivity index (χ4n) is 2.73. The molecule has 1 aliphatic carbocycles. The quantitative estimate of drug-likeness (QED) is 0.817. The predicted molar refractivity (Wildman–Crippen MR) is 83.7 cm³/mol. The number of amides is 1. The summed E-state index contributed by atoms with van der Waals surface area (Å²) in [6, 6.07) is 0. The van der Waals surface area contributed by atoms with Crippen molar-refractivity contribution in [3.63, 3.8) is 0 Å². The van der Waals surface area contributed by atoms with Crippen LogP contribution in [0.1, 0.15) is 38.3 Å². The van der Waals surface area contributed by atoms with Crippen LogP contribution in [-0.4, -0.2) is 29.7 Å². The molecule has 0 saturated heterocycles. The van der Waals surface area contributed by atoms with E-state index in [4.69, 9.17) is 4.74 Å². The van der Waals surface area contributed by atoms with Gasteiger partial charge in [0.25, 0.3) is 0 Å². The normalized spacial score (nSPS) is 22.2. The highest BCUT2D eigenvalue weighted by Gasteiger charge is 2.21. The molecule has 1 saturated carbocycles. The third-order valence-electron chi connectivity index (χ3n) is 4.07. The van der Waals surface area contributed by atoms with Gasteiger partial charge in [0.2, 0.25) is 5.91 Å². The minimum atomic E-state index is -0.140. The molecule has 21 heavy (non-hydrogen) atoms. The maximum Gasteiger partial charge on any atom is 0.307 e. The summed E-state index contributed by atoms with van der Waals surface area (Å²) in [7, 11) is 0. The first-order chi connectivity index (χ1) is 10.1. The Labute approximate surface area is 129 Å². The first-order valence-corrected chi connectivity index (χ1v) is 8.49. The van der Waals surface area contributed by atoms with Crippen molar-refractivity contribution in [1.29, 1.82) is 0 Å². The van der Waals surface area contributed by atoms with E-state index in [9.17, 15) is 9.59 Å². The van der Waals surface area contributed by atoms with E-state index >= 15 is 0 Å². The average molecular weight is 312 g/mol. The number of aryl methyl sites for hydroxylation is 1. The Morgan fingerprint density at radius 2 is 2.24 bits per heavy atom. The highest BCUT2D eigenvalue weighted by Crippen LogP contribution is 2.25. The maximum atomic E-state index is 11.8. The summed E-state index contributed by atoms with van der Waals surface area (Å²) in [6.07, 6.45) is 5.22. The van der Waals surface area contributed by atoms with Crippen LogP contribution in [0.4, 0.5) is 0 Å². The van der Waals surface area contributed by atoms with E-state index in [-0.39, 0.29) is 17.3 Å². The Hall–Kier alpha value is -1.14. The topological polar surface area (TPSA) is 60.3 Å². The van der Waals surface area contributed by atoms with Crippen LogP contribution < -0.4 is 10.2 Å². The minimum Gasteiger partial charge on any atom is -0.376 e. The third kappa shape index (κ3) is 4.68. The molecular weight excluding hydrogens is 288 g/mol. The van der Waals surface area contributed by atoms with Crippen LogP contribution >= 0.6 is 11.3 Å². The van der Waals surface area contributed by atoms with Gasteiger partial charge < -0.3 is 10.1 Å². The van der Waals surface area contributed by atoms with Crippen LogP contribution in [0.2, 0.25) is 0 Å². The zero-order valence-electron chi connectivity index (χ0n) is 12.8. The molecule has 6 heteroatoms. The summed E-state index contributed by atoms with van der Waals surface area (Å²) in [5.41, 5.74) is 0.826. The molecule has 2 rings (SSSR count). The molecule has 1 aromatic rings. The number of nitrogens with one attached hydrogen (secondary N) is 1. The van der Waals surface area contributed by atoms with Crippen LogP contribution in [0.3, 0.4) is 0 Å². The monoisotopic (exact) mass is 312 g/mol. The third-order valence-corrected chi connectivity index (χ3v) is 4.95. The molecule has 1 aliphatic rings. The number of hydrogen-bond donors (Lipinski definition) is 1. The van der Waals surface area contributed by atoms with Crippen molar-refractivity contribution in [2.45, 2.75) is 52.2 Å². The van der Waals surface area contributed by atoms with Crippen molar-refractivity contribution in [1.82, 2.24) is 9.88 Å². The molecule has 0 bridgehead atoms. The Balaban J connectivity index is 1.66. The van der Waals surface area contributed by atoms with Gasteiger partial charge in [-0.05, 0) is 25.7 Å². The lowest BCUT2D eigenvalue weighted by molar-refractivity contribution is -0.122. The molecule has 0 spiro atoms. The average Bonchev–Trinajstić information content (AvgIpc) is 2.77. The number of ether oxygens (including phenoxy) is 1. The Morgan fingerprint density at radius 3 is 2.90 bits per heavy atom. The largest absolute Gasteiger partial charge is 0.376 e. The van der Waals surface area contributed by atoms with Crippen LogP contribution in [0, 0.1) is 12.8 Å². The van der Waals surface area contributed by atoms with E-state index in [0.29, 0.717) is 25.2 Å². The van der Waals surface area contributed by atoms with Gasteiger partial charge in [-0.1, -0.05) is 31.1 Å². The highest BCUT2D eigenvalue weighted by atomic mass is 32.1. The van der Waals surface area contributed by atoms with Gasteiger partial charge in [-0.25, -0.2) is 0 Å². The molecule has 0 radical (unpaired) electrons. The van der Waals surface area contributed by atoms with Gasteiger partial charge in [-0.15, -0.1) is 0 Å². The first kappa shape index (κ1) is 16.2. The zero-order chi connectivity index (χ0) is 15.2. The lowest BCUT2D eigenvalue weighted by Crippen LogP contribution is -2.35. The van der Waals surface area contributed by atoms with E-state index in [1.54, 1.807) is 5.38 Å². The molecular formula is C15H24N2O3S. The lowest BCUT2D eigenvalue weighted by atomic mass is 9.88. The van der Waals surface area contributed by atoms with E-state index in [1.165, 1.54) is 23.8 Å². The van der Waals surface area contributed by atoms with Crippen LogP contribution in [0.15, 0.2) is 10.2 Å². The number of nitrogens with zero attached hydrogens (tertiary/aromatic N) is 1. The molecule has 1 aromatic heterocycles. The standard InChI is InChI=1S/C15H24N2O3S/c1-11-5-3-4-6-13(11)20-8-7-16-14(18)9-17-12(2)10-21-15(17)19/h10-11,13H,3-9H2,1-2H3,(H,16,18)/t11-,13-/m0/s1. The molecule has 0 aromatic carbocycles. The summed E-state index contributed by atoms with van der Waals surface area (Å²) in [5, 5.41) is 4.58. The highest BCUT2D eigenvalue weighted by molar-refractivity contribution is 7.07. The number of thiazole rings is 1. The molecule has 2 atom stereocenters. The molecule has 0 aliphatic heterocycles. The van der Waals surface area contributed by atoms with Gasteiger partial charge in [0.15, 0.2) is 0 Å². The van der Waals surface area contributed by atoms with Gasteiger partial charge in [0.1, 0.15) is 6.54 Å². The van der Waals surface area contributed by atoms with Crippen LogP contribution in [0.25, 0.3) is 0 Å². The lowest BCUT2D eigenvalue weighted by Gasteiger charge is -2.28. The van der Waals surface area contributed by atoms with E-state index in [2.05, 4.69) is 12.2 Å². The SMILES string of the molecule is Cc1csc(=O)n1CC(=O)NCCO[C@H]1CCCC[C@@H]1C. The van der Waals surface area contributed by atoms with E-state index in [0.717, 1.165) is 23.5 Å². The van der Waals surface area contributed by atoms with Gasteiger partial charge in [-0.2, -0.15) is 0 Å². The second kappa shape index (κ2) is 7.75. The van der Waals surface area contributed by atoms with Gasteiger partial charge in [0, 0.05) is 17.6 Å². The summed E-state index contributed by atoms with van der Waals surface area (Å²) in [4.78, 5) is 23.2. The fraction of sp³-hybridized carbons (Fsp3) is 0.733. The van der Waals surface area contributed by atoms with Gasteiger partial charge in [0.05, 0.1) is 12.7 Å². The van der Waals surface area contributed by atoms with Gasteiger partial charge >= 0.3 is 4.87 Å². The molecule has 0 unspecified atom stereocenters. The summed E-state index contributed by atoms with van der Waals surface area (Å²) >= 11 is 1.12. The Morgan fingerprint density at radius 1 is 1.48 bits per heavy atom. The second-order valence-corrected chi connectivity index (χ2v) is 6.57. The first-order valence-electron chi connectivity index (χ1n) is 7.61. The Bertz CT molecular complexity index is 523. The predicted octanol–water partition coefficient (Wildman–Crippen LogP) is 1.93. The second-order valence-electron chi connectivity index (χ2n) is 5.75. The summed E-state index contributed by atoms with van der Waals surface area (Å²) in [5.74, 6) is 0.473. The summed E-state index contributed by atoms with van der Waals surface area (Å²) in [6.45, 7) is 5.19. The van der Waals surface area contributed by atoms with Crippen molar-refractivity contribution in [3.05, 3.63) is 20.7 Å². The van der Waals surface area contributed by atoms with Crippen molar-refractivity contribution in [3.8, 4) is 0 Å². The number of rotatable bonds is 6. The van der Waals surface area contributed by atoms with E-state index < -0.39 is 0 Å². The molecule has 1 N–H and O–H groups in total. The van der Waals surface area contributed by atoms with Crippen molar-refractivity contribution in [2.75, 3.05) is 13.2 Å². The summed E-state index contributed by atoms with van der Waals surface area (Å²) < 4.78 is 7.34. The minimum absolute atomic E-state index is 0.0880. The van der Waals surface area contributed by atoms with Crippen molar-refractivity contribution < 1.29 is 9.53 Å². The number of aromatic nitrogens is 1. The van der Waals surface area contributed by atoms with Crippen molar-refractivity contribution >= 4 is 17.2 Å². The van der Waals surface area contributed by atoms with Crippen LogP contribution in [0.5, 0.6) is 0 Å². The Kier molecular flexibility index (Phi) is 5.99. The number of hydrogen-bond acceptors (Lipinski definition) is 4. The molecule has 1 fully saturated rings. The smallest absolute Gasteiger partial charge is 0.307 e. The van der Waals surface area contributed by atoms with Crippen molar-refractivity contribution in [2.24, 2.45) is 5.92 Å². The molecule has 5 nitrogen and oxygen atoms in total. The zero-order valence-corrected chi connectivity index (χ0v) is 13.6.